The number of ether oxygens (including phenoxy) is 1. The molecular weight excluding hydrogens is 278 g/mol. The highest BCUT2D eigenvalue weighted by Gasteiger charge is 2.24. The van der Waals surface area contributed by atoms with Crippen LogP contribution < -0.4 is 15.4 Å². The Hall–Kier alpha value is -1.24. The number of hydrogen-bond donors (Lipinski definition) is 3. The first-order valence-electron chi connectivity index (χ1n) is 7.12. The van der Waals surface area contributed by atoms with Crippen molar-refractivity contribution in [2.45, 2.75) is 33.1 Å². The number of rotatable bonds is 6. The third kappa shape index (κ3) is 4.36. The van der Waals surface area contributed by atoms with Crippen molar-refractivity contribution in [1.29, 1.82) is 0 Å². The first kappa shape index (κ1) is 16.1. The van der Waals surface area contributed by atoms with Gasteiger partial charge in [-0.15, -0.1) is 0 Å². The van der Waals surface area contributed by atoms with Crippen molar-refractivity contribution in [2.75, 3.05) is 19.6 Å². The maximum absolute atomic E-state index is 12.5. The SMILES string of the molecule is Cc1cc(CNCC2CNCC2O)c(OC(F)F)cc1C. The zero-order valence-electron chi connectivity index (χ0n) is 12.3. The molecule has 118 valence electrons. The molecule has 1 aromatic carbocycles. The van der Waals surface area contributed by atoms with Crippen LogP contribution >= 0.6 is 0 Å². The Morgan fingerprint density at radius 3 is 2.67 bits per heavy atom. The molecule has 4 nitrogen and oxygen atoms in total. The average Bonchev–Trinajstić information content (AvgIpc) is 2.80. The molecule has 0 aliphatic carbocycles. The minimum absolute atomic E-state index is 0.149. The summed E-state index contributed by atoms with van der Waals surface area (Å²) < 4.78 is 29.5. The van der Waals surface area contributed by atoms with Gasteiger partial charge in [-0.25, -0.2) is 0 Å². The fourth-order valence-corrected chi connectivity index (χ4v) is 2.51. The van der Waals surface area contributed by atoms with E-state index in [1.54, 1.807) is 6.07 Å². The smallest absolute Gasteiger partial charge is 0.387 e. The predicted octanol–water partition coefficient (Wildman–Crippen LogP) is 1.57. The largest absolute Gasteiger partial charge is 0.434 e. The van der Waals surface area contributed by atoms with E-state index in [0.29, 0.717) is 25.2 Å². The molecule has 1 aromatic rings. The summed E-state index contributed by atoms with van der Waals surface area (Å²) >= 11 is 0. The quantitative estimate of drug-likeness (QED) is 0.746. The number of halogens is 2. The zero-order valence-corrected chi connectivity index (χ0v) is 12.3. The number of β-amino-alcohol motifs (C(OH)–C–C–N with tert-alkyl or cyclic N) is 1. The van der Waals surface area contributed by atoms with E-state index in [1.165, 1.54) is 0 Å². The minimum atomic E-state index is -2.83. The molecule has 0 radical (unpaired) electrons. The average molecular weight is 300 g/mol. The third-order valence-electron chi connectivity index (χ3n) is 3.92. The van der Waals surface area contributed by atoms with Crippen LogP contribution in [-0.2, 0) is 6.54 Å². The number of nitrogens with one attached hydrogen (secondary N) is 2. The van der Waals surface area contributed by atoms with Gasteiger partial charge in [0.25, 0.3) is 0 Å². The van der Waals surface area contributed by atoms with Crippen LogP contribution in [0, 0.1) is 19.8 Å². The van der Waals surface area contributed by atoms with Gasteiger partial charge in [0.05, 0.1) is 6.10 Å². The minimum Gasteiger partial charge on any atom is -0.434 e. The van der Waals surface area contributed by atoms with E-state index in [4.69, 9.17) is 0 Å². The number of alkyl halides is 2. The number of aryl methyl sites for hydroxylation is 2. The molecule has 1 aliphatic rings. The molecule has 1 aliphatic heterocycles. The molecule has 0 spiro atoms. The van der Waals surface area contributed by atoms with E-state index in [1.807, 2.05) is 19.9 Å². The van der Waals surface area contributed by atoms with Gasteiger partial charge in [0.1, 0.15) is 5.75 Å². The van der Waals surface area contributed by atoms with Crippen LogP contribution in [0.15, 0.2) is 12.1 Å². The predicted molar refractivity (Wildman–Crippen MR) is 76.6 cm³/mol. The van der Waals surface area contributed by atoms with Crippen molar-refractivity contribution < 1.29 is 18.6 Å². The highest BCUT2D eigenvalue weighted by atomic mass is 19.3. The van der Waals surface area contributed by atoms with Gasteiger partial charge < -0.3 is 20.5 Å². The number of benzene rings is 1. The van der Waals surface area contributed by atoms with Crippen LogP contribution in [0.5, 0.6) is 5.75 Å². The summed E-state index contributed by atoms with van der Waals surface area (Å²) in [6.07, 6.45) is -0.353. The van der Waals surface area contributed by atoms with Gasteiger partial charge in [-0.3, -0.25) is 0 Å². The van der Waals surface area contributed by atoms with Crippen molar-refractivity contribution in [3.63, 3.8) is 0 Å². The maximum Gasteiger partial charge on any atom is 0.387 e. The number of aliphatic hydroxyl groups is 1. The van der Waals surface area contributed by atoms with E-state index in [-0.39, 0.29) is 17.8 Å². The molecule has 2 rings (SSSR count). The summed E-state index contributed by atoms with van der Waals surface area (Å²) in [7, 11) is 0. The van der Waals surface area contributed by atoms with Gasteiger partial charge in [0.2, 0.25) is 0 Å². The molecule has 0 amide bonds. The Labute approximate surface area is 123 Å². The fraction of sp³-hybridized carbons (Fsp3) is 0.600. The van der Waals surface area contributed by atoms with Gasteiger partial charge in [-0.2, -0.15) is 8.78 Å². The van der Waals surface area contributed by atoms with E-state index in [0.717, 1.165) is 17.7 Å². The molecule has 6 heteroatoms. The summed E-state index contributed by atoms with van der Waals surface area (Å²) in [5.41, 5.74) is 2.67. The van der Waals surface area contributed by atoms with Crippen LogP contribution in [0.25, 0.3) is 0 Å². The summed E-state index contributed by atoms with van der Waals surface area (Å²) in [6.45, 7) is 3.42. The lowest BCUT2D eigenvalue weighted by Gasteiger charge is -2.17. The summed E-state index contributed by atoms with van der Waals surface area (Å²) in [5, 5.41) is 16.0. The molecule has 2 unspecified atom stereocenters. The molecule has 1 heterocycles. The van der Waals surface area contributed by atoms with Crippen molar-refractivity contribution in [3.8, 4) is 5.75 Å². The monoisotopic (exact) mass is 300 g/mol. The molecule has 1 saturated heterocycles. The summed E-state index contributed by atoms with van der Waals surface area (Å²) in [5.74, 6) is 0.363. The van der Waals surface area contributed by atoms with Crippen molar-refractivity contribution in [1.82, 2.24) is 10.6 Å². The standard InChI is InChI=1S/C15H22F2N2O2/c1-9-3-11(14(4-10(9)2)21-15(16)17)5-18-6-12-7-19-8-13(12)20/h3-4,12-13,15,18-20H,5-8H2,1-2H3. The van der Waals surface area contributed by atoms with Gasteiger partial charge in [-0.1, -0.05) is 6.07 Å². The van der Waals surface area contributed by atoms with E-state index in [9.17, 15) is 13.9 Å². The van der Waals surface area contributed by atoms with Gasteiger partial charge >= 0.3 is 6.61 Å². The van der Waals surface area contributed by atoms with Crippen LogP contribution in [0.2, 0.25) is 0 Å². The van der Waals surface area contributed by atoms with Crippen LogP contribution in [-0.4, -0.2) is 37.5 Å². The Morgan fingerprint density at radius 2 is 2.05 bits per heavy atom. The number of hydrogen-bond acceptors (Lipinski definition) is 4. The molecule has 1 fully saturated rings. The molecule has 0 saturated carbocycles. The van der Waals surface area contributed by atoms with Gasteiger partial charge in [0, 0.05) is 37.7 Å². The van der Waals surface area contributed by atoms with Crippen LogP contribution in [0.4, 0.5) is 8.78 Å². The Morgan fingerprint density at radius 1 is 1.33 bits per heavy atom. The van der Waals surface area contributed by atoms with Crippen LogP contribution in [0.3, 0.4) is 0 Å². The number of aliphatic hydroxyl groups excluding tert-OH is 1. The van der Waals surface area contributed by atoms with Crippen molar-refractivity contribution in [2.24, 2.45) is 5.92 Å². The second-order valence-corrected chi connectivity index (χ2v) is 5.54. The Bertz CT molecular complexity index is 483. The normalized spacial score (nSPS) is 22.0. The van der Waals surface area contributed by atoms with Crippen molar-refractivity contribution in [3.05, 3.63) is 28.8 Å². The lowest BCUT2D eigenvalue weighted by molar-refractivity contribution is -0.0505. The molecule has 0 aromatic heterocycles. The Balaban J connectivity index is 1.99. The summed E-state index contributed by atoms with van der Waals surface area (Å²) in [4.78, 5) is 0. The molecular formula is C15H22F2N2O2. The molecule has 2 atom stereocenters. The van der Waals surface area contributed by atoms with Crippen molar-refractivity contribution >= 4 is 0 Å². The first-order chi connectivity index (χ1) is 9.97. The highest BCUT2D eigenvalue weighted by Crippen LogP contribution is 2.25. The second kappa shape index (κ2) is 7.15. The van der Waals surface area contributed by atoms with E-state index in [2.05, 4.69) is 15.4 Å². The molecule has 0 bridgehead atoms. The fourth-order valence-electron chi connectivity index (χ4n) is 2.51. The molecule has 3 N–H and O–H groups in total. The van der Waals surface area contributed by atoms with E-state index < -0.39 is 6.61 Å². The first-order valence-corrected chi connectivity index (χ1v) is 7.12. The second-order valence-electron chi connectivity index (χ2n) is 5.54. The lowest BCUT2D eigenvalue weighted by atomic mass is 10.0. The van der Waals surface area contributed by atoms with Gasteiger partial charge in [0.15, 0.2) is 0 Å². The summed E-state index contributed by atoms with van der Waals surface area (Å²) in [6, 6.07) is 3.51. The molecule has 21 heavy (non-hydrogen) atoms. The zero-order chi connectivity index (χ0) is 15.4. The maximum atomic E-state index is 12.5. The van der Waals surface area contributed by atoms with Gasteiger partial charge in [-0.05, 0) is 31.0 Å². The lowest BCUT2D eigenvalue weighted by Crippen LogP contribution is -2.30. The highest BCUT2D eigenvalue weighted by molar-refractivity contribution is 5.41. The third-order valence-corrected chi connectivity index (χ3v) is 3.92. The Kier molecular flexibility index (Phi) is 5.50. The van der Waals surface area contributed by atoms with Crippen LogP contribution in [0.1, 0.15) is 16.7 Å². The topological polar surface area (TPSA) is 53.5 Å². The van der Waals surface area contributed by atoms with E-state index >= 15 is 0 Å².